The number of hydrogen-bond donors (Lipinski definition) is 0. The number of piperidine rings is 1. The van der Waals surface area contributed by atoms with Gasteiger partial charge in [-0.2, -0.15) is 0 Å². The van der Waals surface area contributed by atoms with E-state index in [1.807, 2.05) is 12.4 Å². The first-order chi connectivity index (χ1) is 14.6. The number of aromatic nitrogens is 2. The van der Waals surface area contributed by atoms with Gasteiger partial charge in [-0.15, -0.1) is 0 Å². The van der Waals surface area contributed by atoms with E-state index in [1.165, 1.54) is 32.1 Å². The summed E-state index contributed by atoms with van der Waals surface area (Å²) in [6, 6.07) is 6.27. The van der Waals surface area contributed by atoms with Crippen LogP contribution in [0.4, 0.5) is 11.5 Å². The smallest absolute Gasteiger partial charge is 0.147 e. The summed E-state index contributed by atoms with van der Waals surface area (Å²) in [4.78, 5) is 15.2. The summed E-state index contributed by atoms with van der Waals surface area (Å²) >= 11 is 8.32. The largest absolute Gasteiger partial charge is 0.378 e. The van der Waals surface area contributed by atoms with Crippen LogP contribution in [0.2, 0.25) is 5.02 Å². The van der Waals surface area contributed by atoms with Crippen molar-refractivity contribution in [3.8, 4) is 0 Å². The Hall–Kier alpha value is -1.50. The number of rotatable bonds is 4. The van der Waals surface area contributed by atoms with Gasteiger partial charge in [0.1, 0.15) is 10.8 Å². The molecule has 3 saturated heterocycles. The topological polar surface area (TPSA) is 41.5 Å². The highest BCUT2D eigenvalue weighted by Gasteiger charge is 2.41. The highest BCUT2D eigenvalue weighted by Crippen LogP contribution is 2.43. The molecule has 30 heavy (non-hydrogen) atoms. The van der Waals surface area contributed by atoms with Crippen molar-refractivity contribution >= 4 is 34.9 Å². The molecule has 160 valence electrons. The number of benzene rings is 1. The van der Waals surface area contributed by atoms with Crippen LogP contribution < -0.4 is 9.80 Å². The minimum absolute atomic E-state index is 0.385. The van der Waals surface area contributed by atoms with Crippen LogP contribution in [0.15, 0.2) is 40.5 Å². The zero-order valence-corrected chi connectivity index (χ0v) is 19.1. The van der Waals surface area contributed by atoms with Crippen LogP contribution in [-0.2, 0) is 4.74 Å². The molecular weight excluding hydrogens is 416 g/mol. The van der Waals surface area contributed by atoms with Gasteiger partial charge in [-0.05, 0) is 56.6 Å². The van der Waals surface area contributed by atoms with Gasteiger partial charge < -0.3 is 14.5 Å². The summed E-state index contributed by atoms with van der Waals surface area (Å²) in [5, 5.41) is 1.70. The van der Waals surface area contributed by atoms with Gasteiger partial charge >= 0.3 is 0 Å². The van der Waals surface area contributed by atoms with E-state index in [2.05, 4.69) is 39.9 Å². The second kappa shape index (κ2) is 8.56. The fourth-order valence-electron chi connectivity index (χ4n) is 5.02. The van der Waals surface area contributed by atoms with Crippen molar-refractivity contribution in [1.82, 2.24) is 9.97 Å². The van der Waals surface area contributed by atoms with Crippen LogP contribution in [0, 0.1) is 5.41 Å². The molecule has 1 aromatic carbocycles. The first kappa shape index (κ1) is 20.4. The first-order valence-corrected chi connectivity index (χ1v) is 12.2. The SMILES string of the molecule is C[C@H]1CC2(CCN(c3cnc(Sc4cccc(N5CCCC5)c4Cl)cn3)CC2)CO1. The summed E-state index contributed by atoms with van der Waals surface area (Å²) in [5.41, 5.74) is 1.52. The number of hydrogen-bond acceptors (Lipinski definition) is 6. The van der Waals surface area contributed by atoms with Crippen LogP contribution in [0.25, 0.3) is 0 Å². The highest BCUT2D eigenvalue weighted by atomic mass is 35.5. The van der Waals surface area contributed by atoms with E-state index in [4.69, 9.17) is 21.3 Å². The average Bonchev–Trinajstić information content (AvgIpc) is 3.41. The third kappa shape index (κ3) is 4.14. The quantitative estimate of drug-likeness (QED) is 0.639. The molecule has 1 atom stereocenters. The molecule has 3 aliphatic rings. The Labute approximate surface area is 188 Å². The second-order valence-corrected chi connectivity index (χ2v) is 10.4. The third-order valence-electron chi connectivity index (χ3n) is 6.76. The molecule has 0 N–H and O–H groups in total. The summed E-state index contributed by atoms with van der Waals surface area (Å²) in [7, 11) is 0. The molecule has 4 heterocycles. The fraction of sp³-hybridized carbons (Fsp3) is 0.565. The zero-order chi connectivity index (χ0) is 20.6. The van der Waals surface area contributed by atoms with Crippen LogP contribution in [0.5, 0.6) is 0 Å². The van der Waals surface area contributed by atoms with Gasteiger partial charge in [0.15, 0.2) is 0 Å². The monoisotopic (exact) mass is 444 g/mol. The molecule has 3 aliphatic heterocycles. The molecule has 0 saturated carbocycles. The lowest BCUT2D eigenvalue weighted by molar-refractivity contribution is 0.0976. The molecule has 5 nitrogen and oxygen atoms in total. The minimum atomic E-state index is 0.385. The number of anilines is 2. The number of ether oxygens (including phenoxy) is 1. The molecule has 0 unspecified atom stereocenters. The van der Waals surface area contributed by atoms with Crippen molar-refractivity contribution in [2.75, 3.05) is 42.6 Å². The summed E-state index contributed by atoms with van der Waals surface area (Å²) in [6.45, 7) is 7.34. The van der Waals surface area contributed by atoms with Crippen LogP contribution in [0.3, 0.4) is 0 Å². The molecule has 3 fully saturated rings. The first-order valence-electron chi connectivity index (χ1n) is 11.0. The normalized spacial score (nSPS) is 23.5. The minimum Gasteiger partial charge on any atom is -0.378 e. The molecule has 0 radical (unpaired) electrons. The Morgan fingerprint density at radius 3 is 2.53 bits per heavy atom. The average molecular weight is 445 g/mol. The van der Waals surface area contributed by atoms with Crippen LogP contribution in [-0.4, -0.2) is 48.9 Å². The van der Waals surface area contributed by atoms with E-state index in [0.717, 1.165) is 59.2 Å². The molecule has 0 aliphatic carbocycles. The van der Waals surface area contributed by atoms with Crippen LogP contribution >= 0.6 is 23.4 Å². The van der Waals surface area contributed by atoms with Crippen molar-refractivity contribution in [2.45, 2.75) is 55.1 Å². The summed E-state index contributed by atoms with van der Waals surface area (Å²) < 4.78 is 5.85. The molecular formula is C23H29ClN4OS. The molecule has 0 amide bonds. The lowest BCUT2D eigenvalue weighted by Gasteiger charge is -2.38. The van der Waals surface area contributed by atoms with Crippen LogP contribution in [0.1, 0.15) is 39.0 Å². The predicted octanol–water partition coefficient (Wildman–Crippen LogP) is 5.28. The van der Waals surface area contributed by atoms with E-state index in [9.17, 15) is 0 Å². The van der Waals surface area contributed by atoms with E-state index in [1.54, 1.807) is 11.8 Å². The Morgan fingerprint density at radius 1 is 1.07 bits per heavy atom. The highest BCUT2D eigenvalue weighted by molar-refractivity contribution is 7.99. The van der Waals surface area contributed by atoms with Gasteiger partial charge in [0, 0.05) is 31.1 Å². The standard InChI is InChI=1S/C23H29ClN4OS/c1-17-13-23(16-29-17)7-11-28(12-8-23)20-14-26-21(15-25-20)30-19-6-4-5-18(22(19)24)27-9-2-3-10-27/h4-6,14-15,17H,2-3,7-13,16H2,1H3/t17-/m0/s1. The molecule has 7 heteroatoms. The van der Waals surface area contributed by atoms with Crippen molar-refractivity contribution in [3.63, 3.8) is 0 Å². The molecule has 1 aromatic heterocycles. The lowest BCUT2D eigenvalue weighted by Crippen LogP contribution is -2.41. The zero-order valence-electron chi connectivity index (χ0n) is 17.5. The summed E-state index contributed by atoms with van der Waals surface area (Å²) in [6.07, 6.45) is 10.2. The molecule has 2 aromatic rings. The molecule has 5 rings (SSSR count). The Morgan fingerprint density at radius 2 is 1.87 bits per heavy atom. The summed E-state index contributed by atoms with van der Waals surface area (Å²) in [5.74, 6) is 0.970. The lowest BCUT2D eigenvalue weighted by atomic mass is 9.77. The van der Waals surface area contributed by atoms with Gasteiger partial charge in [-0.25, -0.2) is 9.97 Å². The second-order valence-electron chi connectivity index (χ2n) is 8.91. The van der Waals surface area contributed by atoms with Crippen molar-refractivity contribution in [3.05, 3.63) is 35.6 Å². The van der Waals surface area contributed by atoms with Gasteiger partial charge in [0.2, 0.25) is 0 Å². The maximum atomic E-state index is 6.73. The third-order valence-corrected chi connectivity index (χ3v) is 8.25. The van der Waals surface area contributed by atoms with E-state index < -0.39 is 0 Å². The number of nitrogens with zero attached hydrogens (tertiary/aromatic N) is 4. The van der Waals surface area contributed by atoms with E-state index in [-0.39, 0.29) is 0 Å². The van der Waals surface area contributed by atoms with E-state index in [0.29, 0.717) is 11.5 Å². The van der Waals surface area contributed by atoms with E-state index >= 15 is 0 Å². The van der Waals surface area contributed by atoms with Crippen molar-refractivity contribution in [2.24, 2.45) is 5.41 Å². The van der Waals surface area contributed by atoms with Gasteiger partial charge in [-0.1, -0.05) is 29.4 Å². The molecule has 0 bridgehead atoms. The van der Waals surface area contributed by atoms with Gasteiger partial charge in [-0.3, -0.25) is 0 Å². The Bertz CT molecular complexity index is 879. The van der Waals surface area contributed by atoms with Crippen molar-refractivity contribution < 1.29 is 4.74 Å². The maximum absolute atomic E-state index is 6.73. The Balaban J connectivity index is 1.23. The van der Waals surface area contributed by atoms with Crippen molar-refractivity contribution in [1.29, 1.82) is 0 Å². The van der Waals surface area contributed by atoms with Gasteiger partial charge in [0.25, 0.3) is 0 Å². The molecule has 1 spiro atoms. The maximum Gasteiger partial charge on any atom is 0.147 e. The predicted molar refractivity (Wildman–Crippen MR) is 123 cm³/mol. The Kier molecular flexibility index (Phi) is 5.82. The fourth-order valence-corrected chi connectivity index (χ4v) is 6.16. The van der Waals surface area contributed by atoms with Gasteiger partial charge in [0.05, 0.1) is 35.8 Å². The number of halogens is 1.